The summed E-state index contributed by atoms with van der Waals surface area (Å²) in [4.78, 5) is 23.0. The van der Waals surface area contributed by atoms with Gasteiger partial charge in [0.05, 0.1) is 0 Å². The molecule has 0 bridgehead atoms. The van der Waals surface area contributed by atoms with Crippen LogP contribution >= 0.6 is 41.2 Å². The average molecular weight is 348 g/mol. The summed E-state index contributed by atoms with van der Waals surface area (Å²) < 4.78 is 0. The zero-order valence-electron chi connectivity index (χ0n) is 9.63. The van der Waals surface area contributed by atoms with Crippen molar-refractivity contribution in [1.29, 1.82) is 0 Å². The molecule has 0 fully saturated rings. The minimum atomic E-state index is 0.0799. The SMILES string of the molecule is Nc1nc(N)nc(SSSSc2nc(N)nc(N)n2)n1. The Morgan fingerprint density at radius 3 is 1.10 bits per heavy atom. The summed E-state index contributed by atoms with van der Waals surface area (Å²) in [5, 5.41) is 0.838. The van der Waals surface area contributed by atoms with Crippen molar-refractivity contribution in [2.75, 3.05) is 22.9 Å². The van der Waals surface area contributed by atoms with Crippen LogP contribution in [-0.4, -0.2) is 29.9 Å². The lowest BCUT2D eigenvalue weighted by Crippen LogP contribution is -2.03. The van der Waals surface area contributed by atoms with Crippen molar-refractivity contribution >= 4 is 65.0 Å². The molecule has 20 heavy (non-hydrogen) atoms. The van der Waals surface area contributed by atoms with Crippen LogP contribution in [0.5, 0.6) is 0 Å². The highest BCUT2D eigenvalue weighted by atomic mass is 33.7. The van der Waals surface area contributed by atoms with Crippen LogP contribution in [-0.2, 0) is 0 Å². The molecule has 2 heterocycles. The molecule has 0 amide bonds. The number of nitrogens with zero attached hydrogens (tertiary/aromatic N) is 6. The highest BCUT2D eigenvalue weighted by Gasteiger charge is 2.06. The second kappa shape index (κ2) is 6.87. The Bertz CT molecular complexity index is 514. The average Bonchev–Trinajstić information content (AvgIpc) is 2.32. The molecule has 0 unspecified atom stereocenters. The van der Waals surface area contributed by atoms with Crippen LogP contribution < -0.4 is 22.9 Å². The molecule has 8 N–H and O–H groups in total. The van der Waals surface area contributed by atoms with E-state index in [0.29, 0.717) is 10.3 Å². The molecule has 0 saturated carbocycles. The quantitative estimate of drug-likeness (QED) is 0.432. The summed E-state index contributed by atoms with van der Waals surface area (Å²) in [7, 11) is 5.32. The summed E-state index contributed by atoms with van der Waals surface area (Å²) in [6.07, 6.45) is 0. The molecule has 2 aromatic rings. The minimum absolute atomic E-state index is 0.0799. The Balaban J connectivity index is 1.84. The van der Waals surface area contributed by atoms with Crippen molar-refractivity contribution in [1.82, 2.24) is 29.9 Å². The van der Waals surface area contributed by atoms with E-state index < -0.39 is 0 Å². The Morgan fingerprint density at radius 1 is 0.500 bits per heavy atom. The first-order valence-corrected chi connectivity index (χ1v) is 9.56. The number of hydrogen-bond donors (Lipinski definition) is 4. The zero-order valence-corrected chi connectivity index (χ0v) is 12.9. The molecule has 0 spiro atoms. The van der Waals surface area contributed by atoms with Crippen molar-refractivity contribution in [3.8, 4) is 0 Å². The van der Waals surface area contributed by atoms with Crippen LogP contribution in [0.1, 0.15) is 0 Å². The van der Waals surface area contributed by atoms with E-state index in [9.17, 15) is 0 Å². The first-order chi connectivity index (χ1) is 9.52. The van der Waals surface area contributed by atoms with E-state index in [1.807, 2.05) is 0 Å². The number of hydrogen-bond acceptors (Lipinski definition) is 14. The molecule has 0 atom stereocenters. The summed E-state index contributed by atoms with van der Waals surface area (Å²) in [5.41, 5.74) is 21.8. The van der Waals surface area contributed by atoms with Crippen LogP contribution in [0.2, 0.25) is 0 Å². The zero-order chi connectivity index (χ0) is 14.5. The molecule has 0 aliphatic carbocycles. The highest BCUT2D eigenvalue weighted by molar-refractivity contribution is 9.26. The topological polar surface area (TPSA) is 181 Å². The fourth-order valence-electron chi connectivity index (χ4n) is 0.940. The molecule has 106 valence electrons. The summed E-state index contributed by atoms with van der Waals surface area (Å²) in [6, 6.07) is 0. The molecule has 10 nitrogen and oxygen atoms in total. The third-order valence-corrected chi connectivity index (χ3v) is 7.09. The van der Waals surface area contributed by atoms with Gasteiger partial charge < -0.3 is 22.9 Å². The van der Waals surface area contributed by atoms with Crippen molar-refractivity contribution < 1.29 is 0 Å². The molecule has 0 aliphatic heterocycles. The van der Waals surface area contributed by atoms with Crippen LogP contribution in [0, 0.1) is 0 Å². The van der Waals surface area contributed by atoms with Crippen LogP contribution in [0.3, 0.4) is 0 Å². The van der Waals surface area contributed by atoms with Gasteiger partial charge in [-0.25, -0.2) is 0 Å². The number of anilines is 4. The van der Waals surface area contributed by atoms with Gasteiger partial charge in [-0.3, -0.25) is 0 Å². The molecule has 2 aromatic heterocycles. The van der Waals surface area contributed by atoms with Gasteiger partial charge in [-0.15, -0.1) is 0 Å². The van der Waals surface area contributed by atoms with E-state index in [2.05, 4.69) is 29.9 Å². The Kier molecular flexibility index (Phi) is 5.16. The van der Waals surface area contributed by atoms with Crippen molar-refractivity contribution in [2.45, 2.75) is 10.3 Å². The number of aromatic nitrogens is 6. The lowest BCUT2D eigenvalue weighted by Gasteiger charge is -2.01. The van der Waals surface area contributed by atoms with Gasteiger partial charge in [-0.05, 0) is 41.2 Å². The lowest BCUT2D eigenvalue weighted by atomic mass is 10.9. The van der Waals surface area contributed by atoms with Gasteiger partial charge in [0.2, 0.25) is 34.1 Å². The normalized spacial score (nSPS) is 10.6. The molecule has 0 aromatic carbocycles. The fraction of sp³-hybridized carbons (Fsp3) is 0. The van der Waals surface area contributed by atoms with E-state index in [4.69, 9.17) is 22.9 Å². The fourth-order valence-corrected chi connectivity index (χ4v) is 5.71. The Labute approximate surface area is 128 Å². The van der Waals surface area contributed by atoms with E-state index in [1.165, 1.54) is 41.2 Å². The summed E-state index contributed by atoms with van der Waals surface area (Å²) in [5.74, 6) is 0.320. The maximum atomic E-state index is 5.46. The monoisotopic (exact) mass is 348 g/mol. The van der Waals surface area contributed by atoms with Gasteiger partial charge in [-0.2, -0.15) is 29.9 Å². The Hall–Kier alpha value is -1.38. The molecular formula is C6H8N10S4. The first kappa shape index (κ1) is 15.0. The number of nitrogens with two attached hydrogens (primary N) is 4. The predicted molar refractivity (Wildman–Crippen MR) is 84.2 cm³/mol. The smallest absolute Gasteiger partial charge is 0.225 e. The second-order valence-electron chi connectivity index (χ2n) is 2.97. The standard InChI is InChI=1S/C6H8N10S4/c7-1-11-2(8)14-5(13-1)17-19-20-18-6-15-3(9)12-4(10)16-6/h(H4,7,8,11,13,14)(H4,9,10,12,15,16). The number of rotatable bonds is 5. The molecular weight excluding hydrogens is 340 g/mol. The largest absolute Gasteiger partial charge is 0.368 e. The maximum absolute atomic E-state index is 5.46. The molecule has 0 radical (unpaired) electrons. The van der Waals surface area contributed by atoms with Crippen molar-refractivity contribution in [2.24, 2.45) is 0 Å². The van der Waals surface area contributed by atoms with Crippen LogP contribution in [0.4, 0.5) is 23.8 Å². The van der Waals surface area contributed by atoms with Gasteiger partial charge in [-0.1, -0.05) is 0 Å². The van der Waals surface area contributed by atoms with Gasteiger partial charge in [0.1, 0.15) is 0 Å². The van der Waals surface area contributed by atoms with E-state index in [1.54, 1.807) is 0 Å². The lowest BCUT2D eigenvalue weighted by molar-refractivity contribution is 0.934. The Morgan fingerprint density at radius 2 is 0.800 bits per heavy atom. The predicted octanol–water partition coefficient (Wildman–Crippen LogP) is 0.481. The van der Waals surface area contributed by atoms with Gasteiger partial charge in [0.15, 0.2) is 0 Å². The van der Waals surface area contributed by atoms with Gasteiger partial charge >= 0.3 is 0 Å². The maximum Gasteiger partial charge on any atom is 0.225 e. The third kappa shape index (κ3) is 4.62. The molecule has 0 saturated heterocycles. The summed E-state index contributed by atoms with van der Waals surface area (Å²) in [6.45, 7) is 0. The van der Waals surface area contributed by atoms with Crippen LogP contribution in [0.15, 0.2) is 10.3 Å². The van der Waals surface area contributed by atoms with Crippen molar-refractivity contribution in [3.05, 3.63) is 0 Å². The van der Waals surface area contributed by atoms with Crippen LogP contribution in [0.25, 0.3) is 0 Å². The second-order valence-corrected chi connectivity index (χ2v) is 8.57. The highest BCUT2D eigenvalue weighted by Crippen LogP contribution is 2.47. The minimum Gasteiger partial charge on any atom is -0.368 e. The first-order valence-electron chi connectivity index (χ1n) is 4.75. The van der Waals surface area contributed by atoms with E-state index in [-0.39, 0.29) is 23.8 Å². The number of nitrogen functional groups attached to an aromatic ring is 4. The molecule has 2 rings (SSSR count). The van der Waals surface area contributed by atoms with Crippen molar-refractivity contribution in [3.63, 3.8) is 0 Å². The summed E-state index contributed by atoms with van der Waals surface area (Å²) >= 11 is 0. The van der Waals surface area contributed by atoms with Gasteiger partial charge in [0, 0.05) is 0 Å². The van der Waals surface area contributed by atoms with E-state index in [0.717, 1.165) is 0 Å². The van der Waals surface area contributed by atoms with E-state index >= 15 is 0 Å². The molecule has 14 heteroatoms. The van der Waals surface area contributed by atoms with Gasteiger partial charge in [0.25, 0.3) is 0 Å². The molecule has 0 aliphatic rings. The third-order valence-electron chi connectivity index (χ3n) is 1.54.